The fourth-order valence-corrected chi connectivity index (χ4v) is 4.54. The zero-order valence-corrected chi connectivity index (χ0v) is 16.3. The van der Waals surface area contributed by atoms with Crippen molar-refractivity contribution in [1.82, 2.24) is 19.6 Å². The Morgan fingerprint density at radius 2 is 1.79 bits per heavy atom. The second-order valence-corrected chi connectivity index (χ2v) is 7.98. The standard InChI is InChI=1S/C21H27N5O2/c1-24-19(10-18(23-24)20(22)27)21(28)26-13-16-11-25(12-17(16)14-26)9-5-8-15-6-3-2-4-7-15/h2-4,6-7,10,16-17H,5,8-9,11-14H2,1H3,(H2,22,27)/t16-,17?/m0/s1. The summed E-state index contributed by atoms with van der Waals surface area (Å²) >= 11 is 0. The fraction of sp³-hybridized carbons (Fsp3) is 0.476. The number of carbonyl (C=O) groups is 2. The summed E-state index contributed by atoms with van der Waals surface area (Å²) in [4.78, 5) is 28.6. The van der Waals surface area contributed by atoms with Crippen molar-refractivity contribution in [3.05, 3.63) is 53.3 Å². The minimum Gasteiger partial charge on any atom is -0.364 e. The van der Waals surface area contributed by atoms with E-state index in [0.29, 0.717) is 17.5 Å². The number of hydrogen-bond donors (Lipinski definition) is 1. The molecular formula is C21H27N5O2. The maximum atomic E-state index is 12.8. The Labute approximate surface area is 165 Å². The highest BCUT2D eigenvalue weighted by atomic mass is 16.2. The average Bonchev–Trinajstić information content (AvgIpc) is 3.35. The minimum absolute atomic E-state index is 0.0625. The number of aryl methyl sites for hydroxylation is 2. The van der Waals surface area contributed by atoms with Crippen LogP contribution in [-0.4, -0.2) is 64.1 Å². The van der Waals surface area contributed by atoms with E-state index in [9.17, 15) is 9.59 Å². The van der Waals surface area contributed by atoms with E-state index in [1.54, 1.807) is 7.05 Å². The molecule has 0 spiro atoms. The number of primary amides is 1. The summed E-state index contributed by atoms with van der Waals surface area (Å²) < 4.78 is 1.45. The molecule has 2 aliphatic rings. The molecule has 0 aliphatic carbocycles. The third-order valence-corrected chi connectivity index (χ3v) is 5.98. The maximum Gasteiger partial charge on any atom is 0.272 e. The van der Waals surface area contributed by atoms with Gasteiger partial charge in [-0.2, -0.15) is 5.10 Å². The second-order valence-electron chi connectivity index (χ2n) is 7.98. The first-order chi connectivity index (χ1) is 13.5. The van der Waals surface area contributed by atoms with Gasteiger partial charge in [-0.25, -0.2) is 0 Å². The van der Waals surface area contributed by atoms with E-state index in [4.69, 9.17) is 5.73 Å². The molecule has 0 radical (unpaired) electrons. The van der Waals surface area contributed by atoms with E-state index in [1.807, 2.05) is 4.90 Å². The number of fused-ring (bicyclic) bond motifs is 1. The lowest BCUT2D eigenvalue weighted by Gasteiger charge is -2.21. The zero-order valence-electron chi connectivity index (χ0n) is 16.3. The molecule has 2 saturated heterocycles. The van der Waals surface area contributed by atoms with Crippen LogP contribution in [0.25, 0.3) is 0 Å². The smallest absolute Gasteiger partial charge is 0.272 e. The molecule has 2 N–H and O–H groups in total. The number of rotatable bonds is 6. The molecule has 0 bridgehead atoms. The number of aromatic nitrogens is 2. The number of nitrogens with two attached hydrogens (primary N) is 1. The topological polar surface area (TPSA) is 84.5 Å². The van der Waals surface area contributed by atoms with E-state index < -0.39 is 5.91 Å². The van der Waals surface area contributed by atoms with Gasteiger partial charge in [0.25, 0.3) is 11.8 Å². The number of hydrogen-bond acceptors (Lipinski definition) is 4. The molecule has 7 heteroatoms. The van der Waals surface area contributed by atoms with Gasteiger partial charge in [0.1, 0.15) is 5.69 Å². The van der Waals surface area contributed by atoms with Crippen LogP contribution in [0.15, 0.2) is 36.4 Å². The van der Waals surface area contributed by atoms with Crippen LogP contribution in [0.3, 0.4) is 0 Å². The van der Waals surface area contributed by atoms with Crippen LogP contribution < -0.4 is 5.73 Å². The van der Waals surface area contributed by atoms with Gasteiger partial charge >= 0.3 is 0 Å². The molecule has 2 atom stereocenters. The van der Waals surface area contributed by atoms with Crippen LogP contribution in [0.5, 0.6) is 0 Å². The third-order valence-electron chi connectivity index (χ3n) is 5.98. The average molecular weight is 381 g/mol. The third kappa shape index (κ3) is 3.80. The quantitative estimate of drug-likeness (QED) is 0.814. The molecular weight excluding hydrogens is 354 g/mol. The van der Waals surface area contributed by atoms with E-state index in [0.717, 1.165) is 45.6 Å². The van der Waals surface area contributed by atoms with E-state index in [-0.39, 0.29) is 11.6 Å². The first kappa shape index (κ1) is 18.7. The van der Waals surface area contributed by atoms with Gasteiger partial charge in [0.05, 0.1) is 0 Å². The maximum absolute atomic E-state index is 12.8. The molecule has 3 heterocycles. The van der Waals surface area contributed by atoms with Gasteiger partial charge in [-0.3, -0.25) is 14.3 Å². The summed E-state index contributed by atoms with van der Waals surface area (Å²) in [6, 6.07) is 12.1. The predicted octanol–water partition coefficient (Wildman–Crippen LogP) is 1.16. The highest BCUT2D eigenvalue weighted by molar-refractivity contribution is 5.97. The lowest BCUT2D eigenvalue weighted by atomic mass is 10.0. The van der Waals surface area contributed by atoms with Crippen molar-refractivity contribution < 1.29 is 9.59 Å². The highest BCUT2D eigenvalue weighted by Crippen LogP contribution is 2.32. The first-order valence-corrected chi connectivity index (χ1v) is 9.90. The number of nitrogens with zero attached hydrogens (tertiary/aromatic N) is 4. The number of carbonyl (C=O) groups excluding carboxylic acids is 2. The molecule has 1 aromatic carbocycles. The molecule has 2 fully saturated rings. The van der Waals surface area contributed by atoms with Crippen LogP contribution in [0, 0.1) is 11.8 Å². The fourth-order valence-electron chi connectivity index (χ4n) is 4.54. The SMILES string of the molecule is Cn1nc(C(N)=O)cc1C(=O)N1CC2CN(CCCc3ccccc3)C[C@H]2C1. The Morgan fingerprint density at radius 3 is 2.39 bits per heavy atom. The molecule has 4 rings (SSSR count). The van der Waals surface area contributed by atoms with E-state index in [1.165, 1.54) is 16.3 Å². The van der Waals surface area contributed by atoms with E-state index >= 15 is 0 Å². The van der Waals surface area contributed by atoms with Gasteiger partial charge in [0, 0.05) is 39.3 Å². The van der Waals surface area contributed by atoms with Gasteiger partial charge in [-0.15, -0.1) is 0 Å². The van der Waals surface area contributed by atoms with Crippen molar-refractivity contribution >= 4 is 11.8 Å². The molecule has 0 saturated carbocycles. The van der Waals surface area contributed by atoms with Crippen LogP contribution in [0.1, 0.15) is 33.0 Å². The summed E-state index contributed by atoms with van der Waals surface area (Å²) in [6.45, 7) is 4.77. The summed E-state index contributed by atoms with van der Waals surface area (Å²) in [5.41, 5.74) is 7.22. The van der Waals surface area contributed by atoms with Crippen LogP contribution in [-0.2, 0) is 13.5 Å². The molecule has 2 aliphatic heterocycles. The van der Waals surface area contributed by atoms with Crippen molar-refractivity contribution in [2.45, 2.75) is 12.8 Å². The predicted molar refractivity (Wildman–Crippen MR) is 106 cm³/mol. The van der Waals surface area contributed by atoms with Crippen LogP contribution >= 0.6 is 0 Å². The van der Waals surface area contributed by atoms with Crippen molar-refractivity contribution in [1.29, 1.82) is 0 Å². The first-order valence-electron chi connectivity index (χ1n) is 9.90. The number of likely N-dealkylation sites (tertiary alicyclic amines) is 2. The largest absolute Gasteiger partial charge is 0.364 e. The summed E-state index contributed by atoms with van der Waals surface area (Å²) in [5.74, 6) is 0.389. The van der Waals surface area contributed by atoms with Gasteiger partial charge in [0.2, 0.25) is 0 Å². The van der Waals surface area contributed by atoms with Crippen molar-refractivity contribution in [2.75, 3.05) is 32.7 Å². The van der Waals surface area contributed by atoms with Gasteiger partial charge < -0.3 is 15.5 Å². The molecule has 2 aromatic rings. The van der Waals surface area contributed by atoms with Crippen molar-refractivity contribution in [2.24, 2.45) is 24.6 Å². The van der Waals surface area contributed by atoms with Crippen molar-refractivity contribution in [3.63, 3.8) is 0 Å². The lowest BCUT2D eigenvalue weighted by molar-refractivity contribution is 0.0763. The van der Waals surface area contributed by atoms with Gasteiger partial charge in [-0.05, 0) is 36.8 Å². The molecule has 148 valence electrons. The molecule has 28 heavy (non-hydrogen) atoms. The summed E-state index contributed by atoms with van der Waals surface area (Å²) in [7, 11) is 1.67. The monoisotopic (exact) mass is 381 g/mol. The zero-order chi connectivity index (χ0) is 19.7. The molecule has 2 amide bonds. The highest BCUT2D eigenvalue weighted by Gasteiger charge is 2.41. The van der Waals surface area contributed by atoms with Crippen LogP contribution in [0.2, 0.25) is 0 Å². The minimum atomic E-state index is -0.612. The van der Waals surface area contributed by atoms with Crippen LogP contribution in [0.4, 0.5) is 0 Å². The number of amides is 2. The van der Waals surface area contributed by atoms with Gasteiger partial charge in [-0.1, -0.05) is 30.3 Å². The summed E-state index contributed by atoms with van der Waals surface area (Å²) in [5, 5.41) is 4.03. The number of benzene rings is 1. The molecule has 1 unspecified atom stereocenters. The Bertz CT molecular complexity index is 849. The van der Waals surface area contributed by atoms with Crippen molar-refractivity contribution in [3.8, 4) is 0 Å². The normalized spacial score (nSPS) is 21.8. The Balaban J connectivity index is 1.28. The second kappa shape index (κ2) is 7.75. The lowest BCUT2D eigenvalue weighted by Crippen LogP contribution is -2.34. The summed E-state index contributed by atoms with van der Waals surface area (Å²) in [6.07, 6.45) is 2.27. The molecule has 1 aromatic heterocycles. The van der Waals surface area contributed by atoms with E-state index in [2.05, 4.69) is 40.3 Å². The Morgan fingerprint density at radius 1 is 1.11 bits per heavy atom. The molecule has 7 nitrogen and oxygen atoms in total. The Hall–Kier alpha value is -2.67. The van der Waals surface area contributed by atoms with Gasteiger partial charge in [0.15, 0.2) is 5.69 Å². The Kier molecular flexibility index (Phi) is 5.17.